The highest BCUT2D eigenvalue weighted by Crippen LogP contribution is 2.19. The van der Waals surface area contributed by atoms with E-state index in [0.29, 0.717) is 0 Å². The number of hydrogen-bond donors (Lipinski definition) is 0. The summed E-state index contributed by atoms with van der Waals surface area (Å²) in [6.45, 7) is 4.56. The van der Waals surface area contributed by atoms with Gasteiger partial charge < -0.3 is 0 Å². The van der Waals surface area contributed by atoms with Crippen LogP contribution in [0.15, 0.2) is 29.2 Å². The van der Waals surface area contributed by atoms with Crippen molar-refractivity contribution in [3.05, 3.63) is 29.8 Å². The number of Topliss-reactive ketones (excluding diaryl/α,β-unsaturated/α-hetero) is 1. The van der Waals surface area contributed by atoms with Gasteiger partial charge in [-0.2, -0.15) is 8.42 Å². The Kier molecular flexibility index (Phi) is 3.83. The fourth-order valence-corrected chi connectivity index (χ4v) is 2.62. The van der Waals surface area contributed by atoms with E-state index in [2.05, 4.69) is 0 Å². The third-order valence-corrected chi connectivity index (χ3v) is 3.39. The highest BCUT2D eigenvalue weighted by Gasteiger charge is 2.22. The molecule has 0 unspecified atom stereocenters. The van der Waals surface area contributed by atoms with Gasteiger partial charge in [-0.25, -0.2) is 0 Å². The van der Waals surface area contributed by atoms with E-state index in [-0.39, 0.29) is 16.2 Å². The SMILES string of the molecule is CC(=O)c1ccccc1S(=O)(=O)OC(C)C. The van der Waals surface area contributed by atoms with E-state index in [1.807, 2.05) is 0 Å². The summed E-state index contributed by atoms with van der Waals surface area (Å²) in [5, 5.41) is 0. The summed E-state index contributed by atoms with van der Waals surface area (Å²) in [4.78, 5) is 11.2. The van der Waals surface area contributed by atoms with E-state index in [1.54, 1.807) is 26.0 Å². The summed E-state index contributed by atoms with van der Waals surface area (Å²) in [5.41, 5.74) is 0.156. The van der Waals surface area contributed by atoms with Crippen LogP contribution >= 0.6 is 0 Å². The molecule has 0 aromatic heterocycles. The van der Waals surface area contributed by atoms with Crippen LogP contribution < -0.4 is 0 Å². The molecule has 4 nitrogen and oxygen atoms in total. The van der Waals surface area contributed by atoms with E-state index in [9.17, 15) is 13.2 Å². The zero-order valence-electron chi connectivity index (χ0n) is 9.43. The van der Waals surface area contributed by atoms with Crippen LogP contribution in [-0.4, -0.2) is 20.3 Å². The zero-order chi connectivity index (χ0) is 12.3. The fourth-order valence-electron chi connectivity index (χ4n) is 1.28. The summed E-state index contributed by atoms with van der Waals surface area (Å²) in [6.07, 6.45) is -0.454. The fraction of sp³-hybridized carbons (Fsp3) is 0.364. The van der Waals surface area contributed by atoms with E-state index < -0.39 is 16.2 Å². The van der Waals surface area contributed by atoms with Gasteiger partial charge in [0.2, 0.25) is 0 Å². The first kappa shape index (κ1) is 12.9. The molecule has 88 valence electrons. The van der Waals surface area contributed by atoms with Gasteiger partial charge >= 0.3 is 0 Å². The quantitative estimate of drug-likeness (QED) is 0.598. The van der Waals surface area contributed by atoms with E-state index in [4.69, 9.17) is 4.18 Å². The van der Waals surface area contributed by atoms with Gasteiger partial charge in [-0.05, 0) is 26.8 Å². The number of hydrogen-bond acceptors (Lipinski definition) is 4. The molecule has 0 bridgehead atoms. The molecule has 0 radical (unpaired) electrons. The van der Waals surface area contributed by atoms with Crippen LogP contribution in [0.5, 0.6) is 0 Å². The molecule has 0 aliphatic rings. The highest BCUT2D eigenvalue weighted by molar-refractivity contribution is 7.86. The zero-order valence-corrected chi connectivity index (χ0v) is 10.2. The molecule has 0 aliphatic heterocycles. The summed E-state index contributed by atoms with van der Waals surface area (Å²) >= 11 is 0. The van der Waals surface area contributed by atoms with Crippen molar-refractivity contribution < 1.29 is 17.4 Å². The van der Waals surface area contributed by atoms with Crippen LogP contribution in [0.1, 0.15) is 31.1 Å². The Morgan fingerprint density at radius 3 is 2.31 bits per heavy atom. The van der Waals surface area contributed by atoms with Gasteiger partial charge in [-0.1, -0.05) is 18.2 Å². The molecule has 0 spiro atoms. The van der Waals surface area contributed by atoms with Crippen molar-refractivity contribution in [1.82, 2.24) is 0 Å². The maximum absolute atomic E-state index is 11.8. The number of rotatable bonds is 4. The van der Waals surface area contributed by atoms with Gasteiger partial charge in [0, 0.05) is 5.56 Å². The average Bonchev–Trinajstić information content (AvgIpc) is 2.15. The van der Waals surface area contributed by atoms with Gasteiger partial charge in [0.25, 0.3) is 10.1 Å². The highest BCUT2D eigenvalue weighted by atomic mass is 32.2. The van der Waals surface area contributed by atoms with Crippen LogP contribution in [0, 0.1) is 0 Å². The lowest BCUT2D eigenvalue weighted by atomic mass is 10.1. The normalized spacial score (nSPS) is 11.8. The Balaban J connectivity index is 3.28. The molecule has 16 heavy (non-hydrogen) atoms. The molecule has 0 N–H and O–H groups in total. The molecular weight excluding hydrogens is 228 g/mol. The van der Waals surface area contributed by atoms with E-state index >= 15 is 0 Å². The van der Waals surface area contributed by atoms with Gasteiger partial charge in [0.15, 0.2) is 5.78 Å². The lowest BCUT2D eigenvalue weighted by molar-refractivity contribution is 0.101. The topological polar surface area (TPSA) is 60.4 Å². The Bertz CT molecular complexity index is 488. The predicted octanol–water partition coefficient (Wildman–Crippen LogP) is 2.00. The van der Waals surface area contributed by atoms with Crippen molar-refractivity contribution in [1.29, 1.82) is 0 Å². The lowest BCUT2D eigenvalue weighted by Gasteiger charge is -2.10. The molecule has 0 aliphatic carbocycles. The van der Waals surface area contributed by atoms with E-state index in [1.165, 1.54) is 19.1 Å². The molecular formula is C11H14O4S. The molecule has 5 heteroatoms. The largest absolute Gasteiger partial charge is 0.297 e. The molecule has 0 heterocycles. The maximum Gasteiger partial charge on any atom is 0.297 e. The van der Waals surface area contributed by atoms with Crippen molar-refractivity contribution in [3.63, 3.8) is 0 Å². The minimum absolute atomic E-state index is 0.0730. The van der Waals surface area contributed by atoms with Gasteiger partial charge in [-0.15, -0.1) is 0 Å². The van der Waals surface area contributed by atoms with Crippen LogP contribution in [0.3, 0.4) is 0 Å². The summed E-state index contributed by atoms with van der Waals surface area (Å²) in [6, 6.07) is 6.02. The molecule has 1 aromatic rings. The first-order valence-electron chi connectivity index (χ1n) is 4.88. The van der Waals surface area contributed by atoms with Crippen LogP contribution in [-0.2, 0) is 14.3 Å². The lowest BCUT2D eigenvalue weighted by Crippen LogP contribution is -2.15. The molecule has 0 atom stereocenters. The smallest absolute Gasteiger partial charge is 0.294 e. The summed E-state index contributed by atoms with van der Waals surface area (Å²) in [5.74, 6) is -0.300. The minimum atomic E-state index is -3.86. The van der Waals surface area contributed by atoms with Crippen molar-refractivity contribution in [3.8, 4) is 0 Å². The summed E-state index contributed by atoms with van der Waals surface area (Å²) in [7, 11) is -3.86. The minimum Gasteiger partial charge on any atom is -0.294 e. The number of ketones is 1. The van der Waals surface area contributed by atoms with Crippen LogP contribution in [0.25, 0.3) is 0 Å². The second kappa shape index (κ2) is 4.76. The van der Waals surface area contributed by atoms with Gasteiger partial charge in [0.1, 0.15) is 4.90 Å². The standard InChI is InChI=1S/C11H14O4S/c1-8(2)15-16(13,14)11-7-5-4-6-10(11)9(3)12/h4-8H,1-3H3. The average molecular weight is 242 g/mol. The molecule has 0 amide bonds. The summed E-state index contributed by atoms with van der Waals surface area (Å²) < 4.78 is 28.4. The monoisotopic (exact) mass is 242 g/mol. The Morgan fingerprint density at radius 2 is 1.81 bits per heavy atom. The van der Waals surface area contributed by atoms with Gasteiger partial charge in [0.05, 0.1) is 6.10 Å². The van der Waals surface area contributed by atoms with Crippen LogP contribution in [0.2, 0.25) is 0 Å². The second-order valence-electron chi connectivity index (χ2n) is 3.65. The first-order valence-corrected chi connectivity index (χ1v) is 6.28. The second-order valence-corrected chi connectivity index (χ2v) is 5.19. The third-order valence-electron chi connectivity index (χ3n) is 1.85. The molecule has 0 fully saturated rings. The molecule has 1 rings (SSSR count). The van der Waals surface area contributed by atoms with Gasteiger partial charge in [-0.3, -0.25) is 8.98 Å². The number of carbonyl (C=O) groups excluding carboxylic acids is 1. The maximum atomic E-state index is 11.8. The molecule has 1 aromatic carbocycles. The Morgan fingerprint density at radius 1 is 1.25 bits per heavy atom. The van der Waals surface area contributed by atoms with Crippen molar-refractivity contribution >= 4 is 15.9 Å². The first-order chi connectivity index (χ1) is 7.34. The number of carbonyl (C=O) groups is 1. The van der Waals surface area contributed by atoms with Crippen molar-refractivity contribution in [2.45, 2.75) is 31.8 Å². The Labute approximate surface area is 95.4 Å². The van der Waals surface area contributed by atoms with E-state index in [0.717, 1.165) is 0 Å². The molecule has 0 saturated heterocycles. The van der Waals surface area contributed by atoms with Crippen molar-refractivity contribution in [2.24, 2.45) is 0 Å². The molecule has 0 saturated carbocycles. The van der Waals surface area contributed by atoms with Crippen molar-refractivity contribution in [2.75, 3.05) is 0 Å². The third kappa shape index (κ3) is 2.90. The van der Waals surface area contributed by atoms with Crippen LogP contribution in [0.4, 0.5) is 0 Å². The Hall–Kier alpha value is -1.20. The number of benzene rings is 1. The predicted molar refractivity (Wildman–Crippen MR) is 59.9 cm³/mol.